The second-order valence-electron chi connectivity index (χ2n) is 18.8. The van der Waals surface area contributed by atoms with Gasteiger partial charge in [-0.3, -0.25) is 9.59 Å². The molecule has 3 fully saturated rings. The van der Waals surface area contributed by atoms with E-state index in [9.17, 15) is 14.7 Å². The summed E-state index contributed by atoms with van der Waals surface area (Å²) in [4.78, 5) is 28.1. The number of unbranched alkanes of at least 4 members (excludes halogenated alkanes) is 8. The number of aromatic hydroxyl groups is 1. The highest BCUT2D eigenvalue weighted by molar-refractivity contribution is 14.1. The Labute approximate surface area is 345 Å². The van der Waals surface area contributed by atoms with E-state index in [0.717, 1.165) is 86.9 Å². The van der Waals surface area contributed by atoms with Gasteiger partial charge in [-0.15, -0.1) is 0 Å². The van der Waals surface area contributed by atoms with Crippen molar-refractivity contribution in [2.75, 3.05) is 6.54 Å². The summed E-state index contributed by atoms with van der Waals surface area (Å²) in [6, 6.07) is 2.85. The lowest BCUT2D eigenvalue weighted by Gasteiger charge is -2.58. The highest BCUT2D eigenvalue weighted by Gasteiger charge is 2.59. The number of phenols is 1. The fourth-order valence-corrected chi connectivity index (χ4v) is 12.4. The third-order valence-corrected chi connectivity index (χ3v) is 15.7. The van der Waals surface area contributed by atoms with Gasteiger partial charge in [0.2, 0.25) is 0 Å². The van der Waals surface area contributed by atoms with E-state index in [1.165, 1.54) is 89.2 Å². The Morgan fingerprint density at radius 1 is 0.945 bits per heavy atom. The number of amides is 1. The number of ether oxygens (including phenoxy) is 1. The van der Waals surface area contributed by atoms with E-state index >= 15 is 0 Å². The molecule has 1 aromatic rings. The molecule has 55 heavy (non-hydrogen) atoms. The van der Waals surface area contributed by atoms with Crippen LogP contribution in [-0.4, -0.2) is 29.6 Å². The van der Waals surface area contributed by atoms with E-state index in [-0.39, 0.29) is 34.7 Å². The van der Waals surface area contributed by atoms with E-state index < -0.39 is 0 Å². The van der Waals surface area contributed by atoms with Gasteiger partial charge in [0.1, 0.15) is 11.9 Å². The van der Waals surface area contributed by atoms with E-state index in [4.69, 9.17) is 10.3 Å². The molecule has 0 radical (unpaired) electrons. The third-order valence-electron chi connectivity index (χ3n) is 14.9. The van der Waals surface area contributed by atoms with Crippen LogP contribution in [-0.2, 0) is 9.53 Å². The average molecular weight is 871 g/mol. The number of benzene rings is 1. The first-order valence-corrected chi connectivity index (χ1v) is 23.2. The van der Waals surface area contributed by atoms with Crippen LogP contribution in [0.4, 0.5) is 5.69 Å². The van der Waals surface area contributed by atoms with Crippen LogP contribution in [0.1, 0.15) is 180 Å². The maximum absolute atomic E-state index is 12.9. The van der Waals surface area contributed by atoms with Crippen LogP contribution in [0.15, 0.2) is 28.9 Å². The van der Waals surface area contributed by atoms with Crippen molar-refractivity contribution in [1.29, 1.82) is 0 Å². The molecule has 9 heteroatoms. The summed E-state index contributed by atoms with van der Waals surface area (Å²) in [5.74, 6) is 4.57. The molecule has 4 aliphatic carbocycles. The topological polar surface area (TPSA) is 124 Å². The molecular formula is C46H71IN4O4. The molecule has 4 aliphatic rings. The number of esters is 1. The number of fused-ring (bicyclic) bond motifs is 5. The SMILES string of the molecule is CC(C)CCC[C@@H](C)[C@H]1CC[C@H]2[C@@H]3CC=C4C[C@@H](OC(=O)CCCCCCCCCCCNC(=O)c5cc(I)c(N=[N+]=[N-])cc5O)CC[C@]4(C)[C@H]3CC[C@]12C. The van der Waals surface area contributed by atoms with Gasteiger partial charge >= 0.3 is 5.97 Å². The number of hydrogen-bond donors (Lipinski definition) is 2. The number of azide groups is 1. The van der Waals surface area contributed by atoms with Crippen molar-refractivity contribution < 1.29 is 19.4 Å². The zero-order valence-electron chi connectivity index (χ0n) is 34.7. The van der Waals surface area contributed by atoms with Gasteiger partial charge in [-0.1, -0.05) is 116 Å². The summed E-state index contributed by atoms with van der Waals surface area (Å²) in [7, 11) is 0. The number of carbonyl (C=O) groups excluding carboxylic acids is 2. The molecule has 0 unspecified atom stereocenters. The van der Waals surface area contributed by atoms with Gasteiger partial charge in [0.15, 0.2) is 0 Å². The van der Waals surface area contributed by atoms with Crippen LogP contribution >= 0.6 is 22.6 Å². The summed E-state index contributed by atoms with van der Waals surface area (Å²) in [6.07, 6.45) is 27.2. The molecule has 8 atom stereocenters. The monoisotopic (exact) mass is 870 g/mol. The number of halogens is 1. The average Bonchev–Trinajstić information content (AvgIpc) is 3.50. The Hall–Kier alpha value is -2.26. The highest BCUT2D eigenvalue weighted by atomic mass is 127. The quantitative estimate of drug-likeness (QED) is 0.0257. The summed E-state index contributed by atoms with van der Waals surface area (Å²) in [5, 5.41) is 16.5. The standard InChI is InChI=1S/C46H71IN4O4/c1-31(2)16-15-17-32(3)37-21-22-38-35-20-19-33-28-34(23-25-45(33,4)39(35)24-26-46(37,38)5)55-43(53)18-13-11-9-7-6-8-10-12-14-27-49-44(54)36-29-40(47)41(50-51-48)30-42(36)52/h19,29-32,34-35,37-39,52H,6-18,20-28H2,1-5H3,(H,49,54)/t32-,34+,35+,37-,38+,39+,45+,46-/m1/s1. The van der Waals surface area contributed by atoms with Gasteiger partial charge < -0.3 is 15.2 Å². The fourth-order valence-electron chi connectivity index (χ4n) is 11.8. The minimum atomic E-state index is -0.325. The number of carbonyl (C=O) groups is 2. The van der Waals surface area contributed by atoms with Crippen molar-refractivity contribution in [2.24, 2.45) is 51.5 Å². The Morgan fingerprint density at radius 2 is 1.65 bits per heavy atom. The molecule has 1 aromatic carbocycles. The van der Waals surface area contributed by atoms with E-state index in [1.807, 2.05) is 22.6 Å². The van der Waals surface area contributed by atoms with Gasteiger partial charge in [-0.25, -0.2) is 0 Å². The van der Waals surface area contributed by atoms with Crippen molar-refractivity contribution in [1.82, 2.24) is 5.32 Å². The van der Waals surface area contributed by atoms with Crippen molar-refractivity contribution in [2.45, 2.75) is 176 Å². The van der Waals surface area contributed by atoms with Crippen LogP contribution < -0.4 is 5.32 Å². The highest BCUT2D eigenvalue weighted by Crippen LogP contribution is 2.67. The number of rotatable bonds is 20. The first-order chi connectivity index (χ1) is 26.4. The molecule has 0 spiro atoms. The lowest BCUT2D eigenvalue weighted by atomic mass is 9.47. The van der Waals surface area contributed by atoms with Gasteiger partial charge in [0.05, 0.1) is 11.3 Å². The van der Waals surface area contributed by atoms with Crippen molar-refractivity contribution in [3.8, 4) is 5.75 Å². The zero-order chi connectivity index (χ0) is 39.6. The van der Waals surface area contributed by atoms with Gasteiger partial charge in [-0.05, 0) is 144 Å². The molecule has 0 bridgehead atoms. The van der Waals surface area contributed by atoms with Crippen molar-refractivity contribution in [3.05, 3.63) is 43.4 Å². The van der Waals surface area contributed by atoms with E-state index in [2.05, 4.69) is 56.0 Å². The normalized spacial score (nSPS) is 29.0. The molecule has 0 saturated heterocycles. The lowest BCUT2D eigenvalue weighted by Crippen LogP contribution is -2.51. The number of nitrogens with zero attached hydrogens (tertiary/aromatic N) is 3. The maximum Gasteiger partial charge on any atom is 0.306 e. The molecule has 5 rings (SSSR count). The Balaban J connectivity index is 0.922. The minimum absolute atomic E-state index is 0.00181. The smallest absolute Gasteiger partial charge is 0.306 e. The summed E-state index contributed by atoms with van der Waals surface area (Å²) >= 11 is 1.98. The molecule has 2 N–H and O–H groups in total. The molecule has 8 nitrogen and oxygen atoms in total. The minimum Gasteiger partial charge on any atom is -0.507 e. The number of allylic oxidation sites excluding steroid dienone is 1. The summed E-state index contributed by atoms with van der Waals surface area (Å²) in [6.45, 7) is 13.1. The number of nitrogens with one attached hydrogen (secondary N) is 1. The number of phenolic OH excluding ortho intramolecular Hbond substituents is 1. The third kappa shape index (κ3) is 11.0. The van der Waals surface area contributed by atoms with Gasteiger partial charge in [0.25, 0.3) is 5.91 Å². The summed E-state index contributed by atoms with van der Waals surface area (Å²) < 4.78 is 6.73. The van der Waals surface area contributed by atoms with Crippen molar-refractivity contribution >= 4 is 40.2 Å². The Kier molecular flexibility index (Phi) is 16.3. The molecule has 1 amide bonds. The van der Waals surface area contributed by atoms with Crippen LogP contribution in [0.25, 0.3) is 10.4 Å². The molecule has 0 aliphatic heterocycles. The molecule has 306 valence electrons. The van der Waals surface area contributed by atoms with Crippen LogP contribution in [0.2, 0.25) is 0 Å². The predicted molar refractivity (Wildman–Crippen MR) is 231 cm³/mol. The van der Waals surface area contributed by atoms with Crippen molar-refractivity contribution in [3.63, 3.8) is 0 Å². The summed E-state index contributed by atoms with van der Waals surface area (Å²) in [5.41, 5.74) is 11.5. The van der Waals surface area contributed by atoms with Crippen LogP contribution in [0.3, 0.4) is 0 Å². The van der Waals surface area contributed by atoms with Gasteiger partial charge in [-0.2, -0.15) is 0 Å². The predicted octanol–water partition coefficient (Wildman–Crippen LogP) is 13.5. The molecular weight excluding hydrogens is 799 g/mol. The Bertz CT molecular complexity index is 1540. The second kappa shape index (κ2) is 20.4. The van der Waals surface area contributed by atoms with E-state index in [0.29, 0.717) is 27.6 Å². The zero-order valence-corrected chi connectivity index (χ0v) is 36.9. The molecule has 3 saturated carbocycles. The van der Waals surface area contributed by atoms with Crippen LogP contribution in [0.5, 0.6) is 5.75 Å². The maximum atomic E-state index is 12.9. The second-order valence-corrected chi connectivity index (χ2v) is 20.0. The molecule has 0 aromatic heterocycles. The van der Waals surface area contributed by atoms with Gasteiger partial charge in [0, 0.05) is 27.9 Å². The largest absolute Gasteiger partial charge is 0.507 e. The first kappa shape index (κ1) is 43.9. The number of hydrogen-bond acceptors (Lipinski definition) is 5. The molecule has 0 heterocycles. The fraction of sp³-hybridized carbons (Fsp3) is 0.783. The first-order valence-electron chi connectivity index (χ1n) is 22.1. The van der Waals surface area contributed by atoms with E-state index in [1.54, 1.807) is 5.57 Å². The lowest BCUT2D eigenvalue weighted by molar-refractivity contribution is -0.151. The van der Waals surface area contributed by atoms with Crippen LogP contribution in [0, 0.1) is 49.9 Å². The Morgan fingerprint density at radius 3 is 2.36 bits per heavy atom.